The Morgan fingerprint density at radius 1 is 1.21 bits per heavy atom. The fourth-order valence-electron chi connectivity index (χ4n) is 3.15. The lowest BCUT2D eigenvalue weighted by molar-refractivity contribution is -0.267. The van der Waals surface area contributed by atoms with Crippen LogP contribution in [0.4, 0.5) is 0 Å². The van der Waals surface area contributed by atoms with Gasteiger partial charge in [0.15, 0.2) is 6.29 Å². The Bertz CT molecular complexity index is 491. The first-order chi connectivity index (χ1) is 9.34. The maximum atomic E-state index is 12.0. The Hall–Kier alpha value is -1.43. The van der Waals surface area contributed by atoms with E-state index in [4.69, 9.17) is 14.3 Å². The first-order valence-electron chi connectivity index (χ1n) is 6.63. The number of esters is 1. The molecule has 0 radical (unpaired) electrons. The largest absolute Gasteiger partial charge is 0.462 e. The molecule has 0 bridgehead atoms. The van der Waals surface area contributed by atoms with Crippen molar-refractivity contribution in [3.8, 4) is 0 Å². The van der Waals surface area contributed by atoms with Gasteiger partial charge < -0.3 is 9.47 Å². The molecule has 5 heteroatoms. The van der Waals surface area contributed by atoms with Gasteiger partial charge >= 0.3 is 5.97 Å². The van der Waals surface area contributed by atoms with Gasteiger partial charge in [-0.25, -0.2) is 0 Å². The summed E-state index contributed by atoms with van der Waals surface area (Å²) in [5, 5.41) is 1.79. The standard InChI is InChI=1S/C14H15NO4/c16-13-12-10-6-7-17-14(10)19-15(12)11(8-18-13)9-4-2-1-3-5-9/h1-5,10-12,14H,6-8H2/t10-,11+,12+,14+/m0/s1. The molecule has 0 saturated carbocycles. The molecule has 0 aromatic heterocycles. The molecular weight excluding hydrogens is 246 g/mol. The number of morpholine rings is 1. The molecule has 100 valence electrons. The Morgan fingerprint density at radius 3 is 2.89 bits per heavy atom. The van der Waals surface area contributed by atoms with E-state index in [1.165, 1.54) is 0 Å². The van der Waals surface area contributed by atoms with Crippen LogP contribution in [-0.2, 0) is 19.1 Å². The molecule has 3 heterocycles. The topological polar surface area (TPSA) is 48.0 Å². The number of hydrogen-bond acceptors (Lipinski definition) is 5. The Balaban J connectivity index is 1.67. The van der Waals surface area contributed by atoms with Crippen molar-refractivity contribution in [2.45, 2.75) is 24.8 Å². The van der Waals surface area contributed by atoms with E-state index in [1.54, 1.807) is 5.06 Å². The van der Waals surface area contributed by atoms with Crippen molar-refractivity contribution in [2.75, 3.05) is 13.2 Å². The van der Waals surface area contributed by atoms with Crippen LogP contribution in [0.1, 0.15) is 18.0 Å². The van der Waals surface area contributed by atoms with Crippen LogP contribution in [-0.4, -0.2) is 36.6 Å². The lowest BCUT2D eigenvalue weighted by atomic mass is 9.95. The molecule has 3 saturated heterocycles. The fraction of sp³-hybridized carbons (Fsp3) is 0.500. The summed E-state index contributed by atoms with van der Waals surface area (Å²) in [5.41, 5.74) is 1.10. The van der Waals surface area contributed by atoms with Crippen molar-refractivity contribution in [1.29, 1.82) is 0 Å². The van der Waals surface area contributed by atoms with E-state index in [1.807, 2.05) is 30.3 Å². The van der Waals surface area contributed by atoms with Crippen LogP contribution in [0.3, 0.4) is 0 Å². The summed E-state index contributed by atoms with van der Waals surface area (Å²) < 4.78 is 10.9. The molecule has 0 amide bonds. The minimum absolute atomic E-state index is 0.0434. The summed E-state index contributed by atoms with van der Waals surface area (Å²) >= 11 is 0. The molecule has 0 unspecified atom stereocenters. The second-order valence-corrected chi connectivity index (χ2v) is 5.16. The highest BCUT2D eigenvalue weighted by atomic mass is 16.8. The molecule has 4 rings (SSSR count). The maximum Gasteiger partial charge on any atom is 0.326 e. The quantitative estimate of drug-likeness (QED) is 0.712. The second kappa shape index (κ2) is 4.30. The first-order valence-corrected chi connectivity index (χ1v) is 6.63. The van der Waals surface area contributed by atoms with Crippen molar-refractivity contribution in [3.05, 3.63) is 35.9 Å². The Morgan fingerprint density at radius 2 is 2.05 bits per heavy atom. The van der Waals surface area contributed by atoms with Gasteiger partial charge in [0.05, 0.1) is 12.6 Å². The molecule has 3 aliphatic heterocycles. The number of hydroxylamine groups is 2. The van der Waals surface area contributed by atoms with Crippen LogP contribution in [0.25, 0.3) is 0 Å². The summed E-state index contributed by atoms with van der Waals surface area (Å²) in [7, 11) is 0. The van der Waals surface area contributed by atoms with Crippen molar-refractivity contribution in [2.24, 2.45) is 5.92 Å². The highest BCUT2D eigenvalue weighted by molar-refractivity contribution is 5.77. The highest BCUT2D eigenvalue weighted by Crippen LogP contribution is 2.43. The van der Waals surface area contributed by atoms with E-state index in [-0.39, 0.29) is 30.3 Å². The SMILES string of the molecule is O=C1OC[C@H](c2ccccc2)N2O[C@H]3OCC[C@H]3[C@H]12. The molecule has 0 spiro atoms. The average Bonchev–Trinajstić information content (AvgIpc) is 3.00. The van der Waals surface area contributed by atoms with Crippen LogP contribution >= 0.6 is 0 Å². The predicted octanol–water partition coefficient (Wildman–Crippen LogP) is 1.26. The molecule has 4 atom stereocenters. The third-order valence-corrected chi connectivity index (χ3v) is 4.10. The van der Waals surface area contributed by atoms with E-state index in [0.29, 0.717) is 13.2 Å². The van der Waals surface area contributed by atoms with Gasteiger partial charge in [0, 0.05) is 5.92 Å². The van der Waals surface area contributed by atoms with Crippen LogP contribution in [0.5, 0.6) is 0 Å². The predicted molar refractivity (Wildman–Crippen MR) is 64.7 cm³/mol. The van der Waals surface area contributed by atoms with E-state index >= 15 is 0 Å². The van der Waals surface area contributed by atoms with Crippen molar-refractivity contribution < 1.29 is 19.1 Å². The fourth-order valence-corrected chi connectivity index (χ4v) is 3.15. The van der Waals surface area contributed by atoms with Gasteiger partial charge in [0.25, 0.3) is 0 Å². The van der Waals surface area contributed by atoms with Gasteiger partial charge in [-0.3, -0.25) is 9.63 Å². The number of fused-ring (bicyclic) bond motifs is 3. The van der Waals surface area contributed by atoms with Crippen LogP contribution < -0.4 is 0 Å². The Kier molecular flexibility index (Phi) is 2.58. The minimum atomic E-state index is -0.327. The zero-order valence-electron chi connectivity index (χ0n) is 10.4. The molecular formula is C14H15NO4. The molecule has 1 aromatic rings. The summed E-state index contributed by atoms with van der Waals surface area (Å²) in [6, 6.07) is 9.61. The van der Waals surface area contributed by atoms with Gasteiger partial charge in [-0.05, 0) is 12.0 Å². The number of carbonyl (C=O) groups is 1. The number of cyclic esters (lactones) is 1. The second-order valence-electron chi connectivity index (χ2n) is 5.16. The van der Waals surface area contributed by atoms with Gasteiger partial charge in [-0.2, -0.15) is 5.06 Å². The van der Waals surface area contributed by atoms with Crippen molar-refractivity contribution in [1.82, 2.24) is 5.06 Å². The highest BCUT2D eigenvalue weighted by Gasteiger charge is 2.55. The zero-order valence-corrected chi connectivity index (χ0v) is 10.4. The monoisotopic (exact) mass is 261 g/mol. The molecule has 3 fully saturated rings. The van der Waals surface area contributed by atoms with Gasteiger partial charge in [0.2, 0.25) is 0 Å². The van der Waals surface area contributed by atoms with Gasteiger partial charge in [-0.1, -0.05) is 30.3 Å². The van der Waals surface area contributed by atoms with Crippen LogP contribution in [0, 0.1) is 5.92 Å². The lowest BCUT2D eigenvalue weighted by Crippen LogP contribution is -2.48. The molecule has 0 aliphatic carbocycles. The van der Waals surface area contributed by atoms with Gasteiger partial charge in [0.1, 0.15) is 12.6 Å². The third-order valence-electron chi connectivity index (χ3n) is 4.10. The van der Waals surface area contributed by atoms with E-state index in [2.05, 4.69) is 0 Å². The number of nitrogens with zero attached hydrogens (tertiary/aromatic N) is 1. The summed E-state index contributed by atoms with van der Waals surface area (Å²) in [5.74, 6) is -0.0933. The van der Waals surface area contributed by atoms with Crippen LogP contribution in [0.2, 0.25) is 0 Å². The van der Waals surface area contributed by atoms with Crippen LogP contribution in [0.15, 0.2) is 30.3 Å². The minimum Gasteiger partial charge on any atom is -0.462 e. The summed E-state index contributed by atoms with van der Waals surface area (Å²) in [4.78, 5) is 17.8. The van der Waals surface area contributed by atoms with Crippen molar-refractivity contribution in [3.63, 3.8) is 0 Å². The first kappa shape index (κ1) is 11.4. The van der Waals surface area contributed by atoms with Crippen molar-refractivity contribution >= 4 is 5.97 Å². The van der Waals surface area contributed by atoms with E-state index in [0.717, 1.165) is 12.0 Å². The molecule has 3 aliphatic rings. The van der Waals surface area contributed by atoms with Gasteiger partial charge in [-0.15, -0.1) is 0 Å². The molecule has 1 aromatic carbocycles. The number of carbonyl (C=O) groups excluding carboxylic acids is 1. The molecule has 19 heavy (non-hydrogen) atoms. The van der Waals surface area contributed by atoms with E-state index in [9.17, 15) is 4.79 Å². The lowest BCUT2D eigenvalue weighted by Gasteiger charge is -2.35. The number of rotatable bonds is 1. The van der Waals surface area contributed by atoms with E-state index < -0.39 is 0 Å². The normalized spacial score (nSPS) is 37.8. The maximum absolute atomic E-state index is 12.0. The summed E-state index contributed by atoms with van der Waals surface area (Å²) in [6.07, 6.45) is 0.560. The zero-order chi connectivity index (χ0) is 12.8. The summed E-state index contributed by atoms with van der Waals surface area (Å²) in [6.45, 7) is 0.988. The smallest absolute Gasteiger partial charge is 0.326 e. The number of ether oxygens (including phenoxy) is 2. The molecule has 5 nitrogen and oxygen atoms in total. The third kappa shape index (κ3) is 1.69. The molecule has 0 N–H and O–H groups in total. The average molecular weight is 261 g/mol. The number of benzene rings is 1. The number of hydrogen-bond donors (Lipinski definition) is 0. The Labute approximate surface area is 111 Å².